The maximum atomic E-state index is 12.9. The highest BCUT2D eigenvalue weighted by Gasteiger charge is 2.31. The van der Waals surface area contributed by atoms with E-state index < -0.39 is 10.0 Å². The molecule has 2 heterocycles. The molecule has 2 aromatic carbocycles. The zero-order valence-electron chi connectivity index (χ0n) is 16.2. The minimum absolute atomic E-state index is 0.0103. The fraction of sp³-hybridized carbons (Fsp3) is 0.250. The molecule has 0 atom stereocenters. The molecule has 1 saturated heterocycles. The highest BCUT2D eigenvalue weighted by Crippen LogP contribution is 2.26. The number of fused-ring (bicyclic) bond motifs is 1. The molecule has 31 heavy (non-hydrogen) atoms. The number of sulfonamides is 1. The molecule has 0 N–H and O–H groups in total. The highest BCUT2D eigenvalue weighted by atomic mass is 35.5. The van der Waals surface area contributed by atoms with Crippen molar-refractivity contribution in [2.24, 2.45) is 0 Å². The van der Waals surface area contributed by atoms with Crippen LogP contribution in [0.5, 0.6) is 0 Å². The lowest BCUT2D eigenvalue weighted by molar-refractivity contribution is -0.129. The summed E-state index contributed by atoms with van der Waals surface area (Å²) in [6, 6.07) is 13.2. The van der Waals surface area contributed by atoms with Crippen LogP contribution < -0.4 is 0 Å². The van der Waals surface area contributed by atoms with Crippen molar-refractivity contribution in [1.82, 2.24) is 14.2 Å². The number of oxazole rings is 1. The van der Waals surface area contributed by atoms with Crippen LogP contribution in [0.1, 0.15) is 5.56 Å². The Morgan fingerprint density at radius 3 is 2.68 bits per heavy atom. The van der Waals surface area contributed by atoms with E-state index in [0.29, 0.717) is 21.3 Å². The number of aromatic nitrogens is 1. The summed E-state index contributed by atoms with van der Waals surface area (Å²) in [5.74, 6) is 0.00431. The molecule has 0 unspecified atom stereocenters. The molecule has 1 fully saturated rings. The minimum Gasteiger partial charge on any atom is -0.431 e. The molecule has 11 heteroatoms. The van der Waals surface area contributed by atoms with Crippen molar-refractivity contribution in [2.45, 2.75) is 10.1 Å². The van der Waals surface area contributed by atoms with E-state index in [-0.39, 0.29) is 48.3 Å². The van der Waals surface area contributed by atoms with E-state index in [0.717, 1.165) is 0 Å². The summed E-state index contributed by atoms with van der Waals surface area (Å²) in [7, 11) is -3.80. The number of nitriles is 1. The Morgan fingerprint density at radius 1 is 1.19 bits per heavy atom. The molecule has 1 aliphatic heterocycles. The van der Waals surface area contributed by atoms with Gasteiger partial charge in [0.15, 0.2) is 5.58 Å². The summed E-state index contributed by atoms with van der Waals surface area (Å²) in [6.07, 6.45) is 0. The van der Waals surface area contributed by atoms with Gasteiger partial charge in [0, 0.05) is 37.3 Å². The SMILES string of the molecule is N#Cc1ccccc1S(=O)(=O)N1CCN(C(=O)CSc2nc3ccc(Cl)cc3o2)CC1. The molecule has 1 amide bonds. The second-order valence-corrected chi connectivity index (χ2v) is 10.0. The Kier molecular flexibility index (Phi) is 6.20. The highest BCUT2D eigenvalue weighted by molar-refractivity contribution is 7.99. The van der Waals surface area contributed by atoms with Crippen molar-refractivity contribution in [3.63, 3.8) is 0 Å². The third-order valence-corrected chi connectivity index (χ3v) is 7.87. The molecule has 0 spiro atoms. The Morgan fingerprint density at radius 2 is 1.94 bits per heavy atom. The third-order valence-electron chi connectivity index (χ3n) is 4.87. The average Bonchev–Trinajstić information content (AvgIpc) is 3.19. The molecule has 160 valence electrons. The molecule has 0 aliphatic carbocycles. The lowest BCUT2D eigenvalue weighted by Gasteiger charge is -2.34. The molecule has 0 saturated carbocycles. The normalized spacial score (nSPS) is 15.2. The van der Waals surface area contributed by atoms with E-state index in [2.05, 4.69) is 4.98 Å². The van der Waals surface area contributed by atoms with Gasteiger partial charge >= 0.3 is 0 Å². The number of piperazine rings is 1. The van der Waals surface area contributed by atoms with Gasteiger partial charge in [-0.15, -0.1) is 0 Å². The van der Waals surface area contributed by atoms with Gasteiger partial charge in [-0.1, -0.05) is 35.5 Å². The first-order chi connectivity index (χ1) is 14.9. The molecular weight excluding hydrogens is 460 g/mol. The van der Waals surface area contributed by atoms with E-state index in [1.807, 2.05) is 6.07 Å². The molecule has 0 radical (unpaired) electrons. The second-order valence-electron chi connectivity index (χ2n) is 6.77. The molecule has 3 aromatic rings. The van der Waals surface area contributed by atoms with Crippen molar-refractivity contribution < 1.29 is 17.6 Å². The van der Waals surface area contributed by atoms with Crippen LogP contribution in [-0.4, -0.2) is 60.4 Å². The summed E-state index contributed by atoms with van der Waals surface area (Å²) in [4.78, 5) is 18.5. The Balaban J connectivity index is 1.35. The number of benzene rings is 2. The van der Waals surface area contributed by atoms with E-state index >= 15 is 0 Å². The van der Waals surface area contributed by atoms with Gasteiger partial charge in [-0.05, 0) is 24.3 Å². The van der Waals surface area contributed by atoms with Gasteiger partial charge in [0.05, 0.1) is 16.2 Å². The van der Waals surface area contributed by atoms with Crippen molar-refractivity contribution >= 4 is 50.4 Å². The molecule has 8 nitrogen and oxygen atoms in total. The van der Waals surface area contributed by atoms with E-state index in [1.165, 1.54) is 28.2 Å². The first kappa shape index (κ1) is 21.6. The summed E-state index contributed by atoms with van der Waals surface area (Å²) in [5, 5.41) is 10.1. The summed E-state index contributed by atoms with van der Waals surface area (Å²) >= 11 is 7.12. The summed E-state index contributed by atoms with van der Waals surface area (Å²) in [6.45, 7) is 0.882. The Labute approximate surface area is 188 Å². The molecule has 1 aliphatic rings. The number of rotatable bonds is 5. The smallest absolute Gasteiger partial charge is 0.257 e. The van der Waals surface area contributed by atoms with Crippen LogP contribution in [0.3, 0.4) is 0 Å². The maximum Gasteiger partial charge on any atom is 0.257 e. The average molecular weight is 477 g/mol. The number of carbonyl (C=O) groups is 1. The number of halogens is 1. The maximum absolute atomic E-state index is 12.9. The first-order valence-corrected chi connectivity index (χ1v) is 12.1. The van der Waals surface area contributed by atoms with Crippen LogP contribution in [-0.2, 0) is 14.8 Å². The van der Waals surface area contributed by atoms with E-state index in [1.54, 1.807) is 35.2 Å². The fourth-order valence-electron chi connectivity index (χ4n) is 3.25. The van der Waals surface area contributed by atoms with Crippen molar-refractivity contribution in [3.05, 3.63) is 53.1 Å². The van der Waals surface area contributed by atoms with Crippen LogP contribution in [0.4, 0.5) is 0 Å². The lowest BCUT2D eigenvalue weighted by Crippen LogP contribution is -2.51. The van der Waals surface area contributed by atoms with Crippen LogP contribution in [0.15, 0.2) is 57.0 Å². The molecule has 4 rings (SSSR count). The minimum atomic E-state index is -3.80. The van der Waals surface area contributed by atoms with Crippen molar-refractivity contribution in [3.8, 4) is 6.07 Å². The number of amides is 1. The quantitative estimate of drug-likeness (QED) is 0.521. The number of hydrogen-bond acceptors (Lipinski definition) is 7. The number of nitrogens with zero attached hydrogens (tertiary/aromatic N) is 4. The lowest BCUT2D eigenvalue weighted by atomic mass is 10.2. The summed E-state index contributed by atoms with van der Waals surface area (Å²) < 4.78 is 32.7. The zero-order valence-corrected chi connectivity index (χ0v) is 18.6. The third kappa shape index (κ3) is 4.55. The predicted molar refractivity (Wildman–Crippen MR) is 116 cm³/mol. The molecule has 1 aromatic heterocycles. The van der Waals surface area contributed by atoms with Crippen molar-refractivity contribution in [2.75, 3.05) is 31.9 Å². The number of thioether (sulfide) groups is 1. The van der Waals surface area contributed by atoms with Gasteiger partial charge in [-0.3, -0.25) is 4.79 Å². The zero-order chi connectivity index (χ0) is 22.0. The van der Waals surface area contributed by atoms with Crippen LogP contribution in [0.2, 0.25) is 5.02 Å². The second kappa shape index (κ2) is 8.88. The van der Waals surface area contributed by atoms with Gasteiger partial charge < -0.3 is 9.32 Å². The van der Waals surface area contributed by atoms with Crippen LogP contribution in [0, 0.1) is 11.3 Å². The Hall–Kier alpha value is -2.58. The van der Waals surface area contributed by atoms with Gasteiger partial charge in [0.25, 0.3) is 5.22 Å². The predicted octanol–water partition coefficient (Wildman–Crippen LogP) is 2.98. The first-order valence-electron chi connectivity index (χ1n) is 9.34. The van der Waals surface area contributed by atoms with Crippen LogP contribution >= 0.6 is 23.4 Å². The fourth-order valence-corrected chi connectivity index (χ4v) is 5.72. The number of carbonyl (C=O) groups excluding carboxylic acids is 1. The van der Waals surface area contributed by atoms with Gasteiger partial charge in [0.2, 0.25) is 15.9 Å². The standard InChI is InChI=1S/C20H17ClN4O4S2/c21-15-5-6-16-17(11-15)29-20(23-16)30-13-19(26)24-7-9-25(10-8-24)31(27,28)18-4-2-1-3-14(18)12-22/h1-6,11H,7-10,13H2. The monoisotopic (exact) mass is 476 g/mol. The van der Waals surface area contributed by atoms with Gasteiger partial charge in [-0.2, -0.15) is 9.57 Å². The largest absolute Gasteiger partial charge is 0.431 e. The van der Waals surface area contributed by atoms with E-state index in [4.69, 9.17) is 16.0 Å². The topological polar surface area (TPSA) is 108 Å². The van der Waals surface area contributed by atoms with Gasteiger partial charge in [-0.25, -0.2) is 13.4 Å². The Bertz CT molecular complexity index is 1280. The van der Waals surface area contributed by atoms with Gasteiger partial charge in [0.1, 0.15) is 11.6 Å². The number of hydrogen-bond donors (Lipinski definition) is 0. The molecular formula is C20H17ClN4O4S2. The van der Waals surface area contributed by atoms with Crippen molar-refractivity contribution in [1.29, 1.82) is 5.26 Å². The van der Waals surface area contributed by atoms with Crippen LogP contribution in [0.25, 0.3) is 11.1 Å². The summed E-state index contributed by atoms with van der Waals surface area (Å²) in [5.41, 5.74) is 1.33. The molecule has 0 bridgehead atoms. The van der Waals surface area contributed by atoms with E-state index in [9.17, 15) is 18.5 Å².